The zero-order valence-corrected chi connectivity index (χ0v) is 35.4. The Morgan fingerprint density at radius 3 is 1.70 bits per heavy atom. The number of allylic oxidation sites excluding steroid dienone is 1. The molecule has 6 aromatic rings. The quantitative estimate of drug-likeness (QED) is 0.162. The highest BCUT2D eigenvalue weighted by Crippen LogP contribution is 2.39. The van der Waals surface area contributed by atoms with Gasteiger partial charge in [-0.3, -0.25) is 0 Å². The molecule has 60 heavy (non-hydrogen) atoms. The number of aliphatic hydroxyl groups is 1. The SMILES string of the molecule is C1=COCCC1.COc1ccccc1-n1nc2c(c1-c1ccc(Cl)cc1)C[C@H](O)C2.COc1ccccc1-n1nc2c(c1-c1ccc(Cl)cc1)C[C@H](OC1CCCCO1)C2. The predicted octanol–water partition coefficient (Wildman–Crippen LogP) is 10.2. The van der Waals surface area contributed by atoms with E-state index in [0.717, 1.165) is 106 Å². The van der Waals surface area contributed by atoms with Crippen LogP contribution in [0.15, 0.2) is 109 Å². The molecule has 10 rings (SSSR count). The van der Waals surface area contributed by atoms with E-state index in [-0.39, 0.29) is 18.5 Å². The van der Waals surface area contributed by atoms with Gasteiger partial charge >= 0.3 is 0 Å². The number of rotatable bonds is 8. The zero-order chi connectivity index (χ0) is 41.4. The van der Waals surface area contributed by atoms with Crippen LogP contribution in [-0.4, -0.2) is 70.6 Å². The zero-order valence-electron chi connectivity index (χ0n) is 33.9. The van der Waals surface area contributed by atoms with E-state index in [1.165, 1.54) is 24.8 Å². The van der Waals surface area contributed by atoms with Crippen molar-refractivity contribution in [2.75, 3.05) is 27.4 Å². The van der Waals surface area contributed by atoms with Crippen molar-refractivity contribution < 1.29 is 28.8 Å². The number of para-hydroxylation sites is 4. The summed E-state index contributed by atoms with van der Waals surface area (Å²) in [7, 11) is 3.34. The number of hydrogen-bond donors (Lipinski definition) is 1. The van der Waals surface area contributed by atoms with Crippen molar-refractivity contribution in [2.45, 2.75) is 76.3 Å². The Balaban J connectivity index is 0.000000148. The molecular weight excluding hydrogens is 799 g/mol. The summed E-state index contributed by atoms with van der Waals surface area (Å²) in [5, 5.41) is 21.2. The number of aromatic nitrogens is 4. The van der Waals surface area contributed by atoms with Crippen LogP contribution >= 0.6 is 23.2 Å². The molecular formula is C48H50Cl2N4O6. The van der Waals surface area contributed by atoms with E-state index in [4.69, 9.17) is 57.1 Å². The van der Waals surface area contributed by atoms with Crippen molar-refractivity contribution >= 4 is 23.2 Å². The van der Waals surface area contributed by atoms with Crippen LogP contribution in [0.4, 0.5) is 0 Å². The molecule has 2 aliphatic carbocycles. The highest BCUT2D eigenvalue weighted by atomic mass is 35.5. The topological polar surface area (TPSA) is 102 Å². The molecule has 1 unspecified atom stereocenters. The number of benzene rings is 4. The highest BCUT2D eigenvalue weighted by Gasteiger charge is 2.34. The maximum Gasteiger partial charge on any atom is 0.157 e. The molecule has 0 spiro atoms. The monoisotopic (exact) mass is 848 g/mol. The first-order valence-electron chi connectivity index (χ1n) is 20.6. The van der Waals surface area contributed by atoms with Gasteiger partial charge in [0.25, 0.3) is 0 Å². The minimum Gasteiger partial charge on any atom is -0.502 e. The van der Waals surface area contributed by atoms with Crippen molar-refractivity contribution in [3.63, 3.8) is 0 Å². The van der Waals surface area contributed by atoms with E-state index in [1.54, 1.807) is 20.5 Å². The van der Waals surface area contributed by atoms with Gasteiger partial charge in [-0.1, -0.05) is 71.7 Å². The molecule has 0 saturated carbocycles. The molecule has 12 heteroatoms. The van der Waals surface area contributed by atoms with Crippen molar-refractivity contribution in [1.82, 2.24) is 19.6 Å². The third-order valence-corrected chi connectivity index (χ3v) is 11.5. The molecule has 4 aliphatic rings. The van der Waals surface area contributed by atoms with Crippen molar-refractivity contribution in [2.24, 2.45) is 0 Å². The summed E-state index contributed by atoms with van der Waals surface area (Å²) in [4.78, 5) is 0. The molecule has 0 radical (unpaired) electrons. The number of fused-ring (bicyclic) bond motifs is 2. The van der Waals surface area contributed by atoms with E-state index in [0.29, 0.717) is 17.9 Å². The van der Waals surface area contributed by atoms with Gasteiger partial charge in [0.1, 0.15) is 22.9 Å². The van der Waals surface area contributed by atoms with Crippen LogP contribution in [0.2, 0.25) is 10.0 Å². The van der Waals surface area contributed by atoms with Crippen molar-refractivity contribution in [3.05, 3.63) is 142 Å². The van der Waals surface area contributed by atoms with Crippen LogP contribution in [0.25, 0.3) is 33.9 Å². The summed E-state index contributed by atoms with van der Waals surface area (Å²) in [6.07, 6.45) is 11.9. The van der Waals surface area contributed by atoms with Crippen molar-refractivity contribution in [1.29, 1.82) is 0 Å². The molecule has 4 heterocycles. The maximum atomic E-state index is 10.0. The fourth-order valence-corrected chi connectivity index (χ4v) is 8.43. The average molecular weight is 850 g/mol. The molecule has 312 valence electrons. The molecule has 1 saturated heterocycles. The smallest absolute Gasteiger partial charge is 0.157 e. The van der Waals surface area contributed by atoms with E-state index in [9.17, 15) is 5.11 Å². The van der Waals surface area contributed by atoms with Crippen LogP contribution in [0.5, 0.6) is 11.5 Å². The van der Waals surface area contributed by atoms with Crippen LogP contribution in [0.1, 0.15) is 54.6 Å². The molecule has 0 bridgehead atoms. The summed E-state index contributed by atoms with van der Waals surface area (Å²) < 4.78 is 32.0. The van der Waals surface area contributed by atoms with E-state index >= 15 is 0 Å². The Morgan fingerprint density at radius 1 is 0.650 bits per heavy atom. The normalized spacial score (nSPS) is 18.9. The first kappa shape index (κ1) is 41.6. The second kappa shape index (κ2) is 19.5. The lowest BCUT2D eigenvalue weighted by molar-refractivity contribution is -0.185. The highest BCUT2D eigenvalue weighted by molar-refractivity contribution is 6.30. The minimum atomic E-state index is -0.360. The lowest BCUT2D eigenvalue weighted by Crippen LogP contribution is -2.28. The summed E-state index contributed by atoms with van der Waals surface area (Å²) in [5.74, 6) is 1.55. The van der Waals surface area contributed by atoms with Gasteiger partial charge in [-0.05, 0) is 86.7 Å². The van der Waals surface area contributed by atoms with Gasteiger partial charge in [0.15, 0.2) is 6.29 Å². The summed E-state index contributed by atoms with van der Waals surface area (Å²) in [6, 6.07) is 31.4. The molecule has 3 atom stereocenters. The Morgan fingerprint density at radius 2 is 1.22 bits per heavy atom. The summed E-state index contributed by atoms with van der Waals surface area (Å²) >= 11 is 12.2. The lowest BCUT2D eigenvalue weighted by Gasteiger charge is -2.26. The largest absolute Gasteiger partial charge is 0.502 e. The molecule has 1 N–H and O–H groups in total. The molecule has 2 aromatic heterocycles. The fourth-order valence-electron chi connectivity index (χ4n) is 8.18. The van der Waals surface area contributed by atoms with Gasteiger partial charge in [0.2, 0.25) is 0 Å². The number of methoxy groups -OCH3 is 2. The summed E-state index contributed by atoms with van der Waals surface area (Å²) in [6.45, 7) is 1.70. The van der Waals surface area contributed by atoms with Crippen LogP contribution < -0.4 is 9.47 Å². The van der Waals surface area contributed by atoms with Gasteiger partial charge in [0.05, 0.1) is 62.1 Å². The third kappa shape index (κ3) is 9.43. The molecule has 4 aromatic carbocycles. The first-order chi connectivity index (χ1) is 29.4. The minimum absolute atomic E-state index is 0.0897. The Kier molecular flexibility index (Phi) is 13.5. The van der Waals surface area contributed by atoms with Gasteiger partial charge in [0, 0.05) is 64.6 Å². The van der Waals surface area contributed by atoms with Gasteiger partial charge in [-0.2, -0.15) is 10.2 Å². The standard InChI is InChI=1S/C24H25ClN2O3.C19H17ClN2O2.C5H8O/c1-28-22-7-3-2-6-21(22)27-24(16-9-11-17(25)12-10-16)19-14-18(15-20(19)26-27)30-23-8-4-5-13-29-23;1-24-18-5-3-2-4-17(18)22-19(12-6-8-13(20)9-7-12)15-10-14(23)11-16(15)21-22;1-2-4-6-5-3-1/h2-3,6-7,9-12,18,23H,4-5,8,13-15H2,1H3;2-9,14,23H,10-11H2,1H3;2,4H,1,3,5H2/t18-,23?;14-;/m00./s1. The van der Waals surface area contributed by atoms with Crippen LogP contribution in [0.3, 0.4) is 0 Å². The molecule has 10 nitrogen and oxygen atoms in total. The second-order valence-corrected chi connectivity index (χ2v) is 16.0. The van der Waals surface area contributed by atoms with Crippen molar-refractivity contribution in [3.8, 4) is 45.4 Å². The number of nitrogens with zero attached hydrogens (tertiary/aromatic N) is 4. The van der Waals surface area contributed by atoms with E-state index in [1.807, 2.05) is 113 Å². The average Bonchev–Trinajstić information content (AvgIpc) is 4.05. The first-order valence-corrected chi connectivity index (χ1v) is 21.4. The maximum absolute atomic E-state index is 10.0. The molecule has 1 fully saturated rings. The van der Waals surface area contributed by atoms with Gasteiger partial charge < -0.3 is 28.8 Å². The Hall–Kier alpha value is -5.10. The Labute approximate surface area is 361 Å². The number of aliphatic hydroxyl groups excluding tert-OH is 1. The van der Waals surface area contributed by atoms with E-state index < -0.39 is 0 Å². The lowest BCUT2D eigenvalue weighted by atomic mass is 10.1. The van der Waals surface area contributed by atoms with Gasteiger partial charge in [-0.15, -0.1) is 0 Å². The predicted molar refractivity (Wildman–Crippen MR) is 235 cm³/mol. The molecule has 2 aliphatic heterocycles. The second-order valence-electron chi connectivity index (χ2n) is 15.1. The third-order valence-electron chi connectivity index (χ3n) is 11.0. The fraction of sp³-hybridized carbons (Fsp3) is 0.333. The van der Waals surface area contributed by atoms with Crippen LogP contribution in [0, 0.1) is 0 Å². The van der Waals surface area contributed by atoms with Crippen LogP contribution in [-0.2, 0) is 39.9 Å². The molecule has 0 amide bonds. The van der Waals surface area contributed by atoms with Gasteiger partial charge in [-0.25, -0.2) is 9.36 Å². The van der Waals surface area contributed by atoms with E-state index in [2.05, 4.69) is 0 Å². The summed E-state index contributed by atoms with van der Waals surface area (Å²) in [5.41, 5.74) is 10.3. The number of hydrogen-bond acceptors (Lipinski definition) is 8. The Bertz CT molecular complexity index is 2380. The number of ether oxygens (including phenoxy) is 5. The number of halogens is 2.